The first kappa shape index (κ1) is 16.2. The van der Waals surface area contributed by atoms with E-state index in [1.807, 2.05) is 0 Å². The molecule has 1 aromatic heterocycles. The molecular weight excluding hydrogens is 281 g/mol. The van der Waals surface area contributed by atoms with Crippen molar-refractivity contribution in [1.29, 1.82) is 0 Å². The van der Waals surface area contributed by atoms with Crippen molar-refractivity contribution in [2.24, 2.45) is 0 Å². The van der Waals surface area contributed by atoms with Crippen LogP contribution in [0.2, 0.25) is 0 Å². The first-order valence-electron chi connectivity index (χ1n) is 5.23. The highest BCUT2D eigenvalue weighted by molar-refractivity contribution is 7.49. The number of hydrogen-bond acceptors (Lipinski definition) is 6. The van der Waals surface area contributed by atoms with E-state index in [1.165, 1.54) is 0 Å². The highest BCUT2D eigenvalue weighted by Crippen LogP contribution is 2.32. The Bertz CT molecular complexity index is 380. The van der Waals surface area contributed by atoms with Crippen LogP contribution in [0.4, 0.5) is 0 Å². The molecule has 0 aromatic carbocycles. The maximum Gasteiger partial charge on any atom is 0.402 e. The van der Waals surface area contributed by atoms with Crippen molar-refractivity contribution in [2.75, 3.05) is 6.61 Å². The third-order valence-corrected chi connectivity index (χ3v) is 2.83. The number of aromatic amines is 1. The van der Waals surface area contributed by atoms with Crippen LogP contribution in [0, 0.1) is 0 Å². The van der Waals surface area contributed by atoms with E-state index in [2.05, 4.69) is 9.97 Å². The fourth-order valence-electron chi connectivity index (χ4n) is 1.39. The second kappa shape index (κ2) is 7.08. The number of nitrogens with zero attached hydrogens (tertiary/aromatic N) is 1. The van der Waals surface area contributed by atoms with Gasteiger partial charge in [0.2, 0.25) is 0 Å². The second-order valence-electron chi connectivity index (χ2n) is 3.69. The fraction of sp³-hybridized carbons (Fsp3) is 0.625. The molecule has 19 heavy (non-hydrogen) atoms. The SMILES string of the molecule is O=P(O)(O)NC1O[C@H](CO)[C@@H](O)[C@H]1O.c1c[nH]cn1. The summed E-state index contributed by atoms with van der Waals surface area (Å²) in [5, 5.41) is 28.8. The molecular formula is C8H16N3O7P. The number of H-pyrrole nitrogens is 1. The van der Waals surface area contributed by atoms with Crippen LogP contribution in [0.3, 0.4) is 0 Å². The number of ether oxygens (including phenoxy) is 1. The van der Waals surface area contributed by atoms with E-state index in [0.717, 1.165) is 0 Å². The molecule has 7 N–H and O–H groups in total. The summed E-state index contributed by atoms with van der Waals surface area (Å²) in [7, 11) is -4.54. The molecule has 0 saturated carbocycles. The van der Waals surface area contributed by atoms with Gasteiger partial charge in [-0.3, -0.25) is 0 Å². The van der Waals surface area contributed by atoms with Gasteiger partial charge in [-0.05, 0) is 0 Å². The fourth-order valence-corrected chi connectivity index (χ4v) is 1.93. The lowest BCUT2D eigenvalue weighted by molar-refractivity contribution is -0.0270. The Morgan fingerprint density at radius 1 is 1.37 bits per heavy atom. The van der Waals surface area contributed by atoms with Crippen molar-refractivity contribution in [2.45, 2.75) is 24.5 Å². The van der Waals surface area contributed by atoms with Gasteiger partial charge in [0, 0.05) is 12.4 Å². The van der Waals surface area contributed by atoms with E-state index in [-0.39, 0.29) is 0 Å². The molecule has 0 bridgehead atoms. The van der Waals surface area contributed by atoms with Crippen LogP contribution < -0.4 is 5.09 Å². The lowest BCUT2D eigenvalue weighted by Gasteiger charge is -2.16. The molecule has 1 fully saturated rings. The van der Waals surface area contributed by atoms with Crippen LogP contribution in [-0.4, -0.2) is 66.2 Å². The van der Waals surface area contributed by atoms with Crippen molar-refractivity contribution in [3.05, 3.63) is 18.7 Å². The van der Waals surface area contributed by atoms with E-state index in [4.69, 9.17) is 19.6 Å². The first-order chi connectivity index (χ1) is 8.85. The summed E-state index contributed by atoms with van der Waals surface area (Å²) < 4.78 is 15.2. The summed E-state index contributed by atoms with van der Waals surface area (Å²) in [6.45, 7) is -0.544. The van der Waals surface area contributed by atoms with Gasteiger partial charge in [-0.2, -0.15) is 5.09 Å². The maximum absolute atomic E-state index is 10.5. The van der Waals surface area contributed by atoms with E-state index in [9.17, 15) is 14.8 Å². The van der Waals surface area contributed by atoms with Crippen molar-refractivity contribution in [1.82, 2.24) is 15.1 Å². The molecule has 2 rings (SSSR count). The molecule has 4 atom stereocenters. The van der Waals surface area contributed by atoms with Crippen molar-refractivity contribution < 1.29 is 34.4 Å². The average Bonchev–Trinajstić information content (AvgIpc) is 2.95. The summed E-state index contributed by atoms with van der Waals surface area (Å²) >= 11 is 0. The van der Waals surface area contributed by atoms with Crippen LogP contribution in [0.1, 0.15) is 0 Å². The van der Waals surface area contributed by atoms with Gasteiger partial charge in [0.25, 0.3) is 0 Å². The molecule has 10 nitrogen and oxygen atoms in total. The largest absolute Gasteiger partial charge is 0.402 e. The highest BCUT2D eigenvalue weighted by atomic mass is 31.2. The summed E-state index contributed by atoms with van der Waals surface area (Å²) in [5.41, 5.74) is 0. The molecule has 2 heterocycles. The average molecular weight is 297 g/mol. The van der Waals surface area contributed by atoms with E-state index < -0.39 is 38.9 Å². The minimum atomic E-state index is -4.54. The third-order valence-electron chi connectivity index (χ3n) is 2.24. The Balaban J connectivity index is 0.000000300. The molecule has 1 aliphatic rings. The number of aromatic nitrogens is 2. The van der Waals surface area contributed by atoms with Gasteiger partial charge in [0.05, 0.1) is 12.9 Å². The molecule has 110 valence electrons. The maximum atomic E-state index is 10.5. The van der Waals surface area contributed by atoms with Gasteiger partial charge in [-0.1, -0.05) is 0 Å². The molecule has 0 spiro atoms. The number of hydrogen-bond donors (Lipinski definition) is 7. The summed E-state index contributed by atoms with van der Waals surface area (Å²) in [4.78, 5) is 23.4. The number of aliphatic hydroxyl groups excluding tert-OH is 3. The van der Waals surface area contributed by atoms with E-state index >= 15 is 0 Å². The van der Waals surface area contributed by atoms with Crippen molar-refractivity contribution in [3.8, 4) is 0 Å². The topological polar surface area (TPSA) is 168 Å². The van der Waals surface area contributed by atoms with Crippen molar-refractivity contribution in [3.63, 3.8) is 0 Å². The lowest BCUT2D eigenvalue weighted by atomic mass is 10.1. The predicted molar refractivity (Wildman–Crippen MR) is 61.5 cm³/mol. The Kier molecular flexibility index (Phi) is 6.04. The summed E-state index contributed by atoms with van der Waals surface area (Å²) in [6.07, 6.45) is -0.208. The van der Waals surface area contributed by atoms with Gasteiger partial charge in [0.15, 0.2) is 0 Å². The Hall–Kier alpha value is -0.840. The molecule has 1 unspecified atom stereocenters. The zero-order valence-corrected chi connectivity index (χ0v) is 10.6. The predicted octanol–water partition coefficient (Wildman–Crippen LogP) is -2.48. The van der Waals surface area contributed by atoms with Gasteiger partial charge in [0.1, 0.15) is 24.5 Å². The quantitative estimate of drug-likeness (QED) is 0.298. The molecule has 0 amide bonds. The summed E-state index contributed by atoms with van der Waals surface area (Å²) in [5.74, 6) is 0. The zero-order valence-electron chi connectivity index (χ0n) is 9.70. The molecule has 1 aliphatic heterocycles. The van der Waals surface area contributed by atoms with Crippen LogP contribution in [0.15, 0.2) is 18.7 Å². The molecule has 1 aromatic rings. The normalized spacial score (nSPS) is 30.8. The van der Waals surface area contributed by atoms with Crippen LogP contribution >= 0.6 is 7.75 Å². The Morgan fingerprint density at radius 2 is 2.05 bits per heavy atom. The molecule has 1 saturated heterocycles. The number of imidazole rings is 1. The third kappa shape index (κ3) is 5.35. The van der Waals surface area contributed by atoms with Gasteiger partial charge >= 0.3 is 7.75 Å². The van der Waals surface area contributed by atoms with E-state index in [1.54, 1.807) is 23.8 Å². The van der Waals surface area contributed by atoms with Crippen LogP contribution in [0.5, 0.6) is 0 Å². The Morgan fingerprint density at radius 3 is 2.37 bits per heavy atom. The van der Waals surface area contributed by atoms with Crippen LogP contribution in [0.25, 0.3) is 0 Å². The molecule has 0 radical (unpaired) electrons. The Labute approximate surface area is 108 Å². The van der Waals surface area contributed by atoms with E-state index in [0.29, 0.717) is 0 Å². The number of nitrogens with one attached hydrogen (secondary N) is 2. The van der Waals surface area contributed by atoms with Gasteiger partial charge in [-0.15, -0.1) is 0 Å². The van der Waals surface area contributed by atoms with Gasteiger partial charge in [-0.25, -0.2) is 9.55 Å². The smallest absolute Gasteiger partial charge is 0.394 e. The minimum absolute atomic E-state index is 0.544. The zero-order chi connectivity index (χ0) is 14.5. The lowest BCUT2D eigenvalue weighted by Crippen LogP contribution is -2.39. The summed E-state index contributed by atoms with van der Waals surface area (Å²) in [6, 6.07) is 0. The number of aliphatic hydroxyl groups is 3. The minimum Gasteiger partial charge on any atom is -0.394 e. The highest BCUT2D eigenvalue weighted by Gasteiger charge is 2.44. The standard InChI is InChI=1S/C5H12NO7P.C3H4N2/c7-1-2-3(8)4(9)5(13-2)6-14(10,11)12;1-2-5-3-4-1/h2-5,7-9H,1H2,(H3,6,10,11,12);1-3H,(H,4,5)/t2-,3-,4-,5?;/m1./s1. The monoisotopic (exact) mass is 297 g/mol. The van der Waals surface area contributed by atoms with Crippen LogP contribution in [-0.2, 0) is 9.30 Å². The second-order valence-corrected chi connectivity index (χ2v) is 5.04. The molecule has 0 aliphatic carbocycles. The van der Waals surface area contributed by atoms with Gasteiger partial charge < -0.3 is 34.8 Å². The molecule has 11 heteroatoms. The van der Waals surface area contributed by atoms with Crippen molar-refractivity contribution >= 4 is 7.75 Å². The first-order valence-corrected chi connectivity index (χ1v) is 6.85. The number of rotatable bonds is 3.